The summed E-state index contributed by atoms with van der Waals surface area (Å²) >= 11 is 0. The van der Waals surface area contributed by atoms with Crippen LogP contribution in [-0.2, 0) is 13.1 Å². The molecular formula is C23H20N2O4. The summed E-state index contributed by atoms with van der Waals surface area (Å²) in [6, 6.07) is 19.9. The van der Waals surface area contributed by atoms with Gasteiger partial charge in [0.15, 0.2) is 0 Å². The number of carbonyl (C=O) groups is 1. The highest BCUT2D eigenvalue weighted by molar-refractivity contribution is 5.94. The van der Waals surface area contributed by atoms with Crippen LogP contribution in [0.4, 0.5) is 0 Å². The van der Waals surface area contributed by atoms with Crippen molar-refractivity contribution in [1.82, 2.24) is 9.88 Å². The lowest BCUT2D eigenvalue weighted by atomic mass is 10.1. The monoisotopic (exact) mass is 388 g/mol. The predicted molar refractivity (Wildman–Crippen MR) is 110 cm³/mol. The fraction of sp³-hybridized carbons (Fsp3) is 0.130. The first-order valence-corrected chi connectivity index (χ1v) is 9.21. The summed E-state index contributed by atoms with van der Waals surface area (Å²) in [6.45, 7) is 0.423. The molecule has 1 N–H and O–H groups in total. The van der Waals surface area contributed by atoms with Gasteiger partial charge in [-0.15, -0.1) is 0 Å². The lowest BCUT2D eigenvalue weighted by Gasteiger charge is -2.22. The van der Waals surface area contributed by atoms with Crippen LogP contribution in [0.1, 0.15) is 21.7 Å². The Kier molecular flexibility index (Phi) is 5.16. The summed E-state index contributed by atoms with van der Waals surface area (Å²) in [7, 11) is 1.58. The lowest BCUT2D eigenvalue weighted by molar-refractivity contribution is 0.0717. The molecule has 0 unspecified atom stereocenters. The third kappa shape index (κ3) is 4.06. The van der Waals surface area contributed by atoms with Crippen LogP contribution in [0.15, 0.2) is 82.2 Å². The molecule has 6 heteroatoms. The van der Waals surface area contributed by atoms with Crippen LogP contribution in [0.2, 0.25) is 0 Å². The van der Waals surface area contributed by atoms with Gasteiger partial charge in [0.05, 0.1) is 32.0 Å². The topological polar surface area (TPSA) is 75.5 Å². The van der Waals surface area contributed by atoms with Crippen molar-refractivity contribution in [2.75, 3.05) is 7.11 Å². The lowest BCUT2D eigenvalue weighted by Crippen LogP contribution is -2.32. The van der Waals surface area contributed by atoms with Crippen molar-refractivity contribution in [2.45, 2.75) is 13.1 Å². The van der Waals surface area contributed by atoms with Crippen LogP contribution in [0.5, 0.6) is 5.75 Å². The number of amides is 1. The fourth-order valence-corrected chi connectivity index (χ4v) is 3.23. The number of fused-ring (bicyclic) bond motifs is 1. The zero-order valence-electron chi connectivity index (χ0n) is 15.9. The van der Waals surface area contributed by atoms with Gasteiger partial charge in [-0.2, -0.15) is 0 Å². The molecule has 2 aromatic heterocycles. The number of benzene rings is 2. The number of pyridine rings is 1. The molecule has 2 aromatic carbocycles. The van der Waals surface area contributed by atoms with Crippen molar-refractivity contribution in [1.29, 1.82) is 0 Å². The molecule has 4 rings (SSSR count). The number of rotatable bonds is 6. The van der Waals surface area contributed by atoms with Crippen LogP contribution in [0.3, 0.4) is 0 Å². The molecule has 0 saturated heterocycles. The van der Waals surface area contributed by atoms with Gasteiger partial charge in [-0.3, -0.25) is 9.59 Å². The summed E-state index contributed by atoms with van der Waals surface area (Å²) in [6.07, 6.45) is 1.57. The molecule has 0 bridgehead atoms. The number of carbonyl (C=O) groups excluding carboxylic acids is 1. The highest BCUT2D eigenvalue weighted by atomic mass is 16.5. The van der Waals surface area contributed by atoms with Gasteiger partial charge in [-0.1, -0.05) is 18.2 Å². The SMILES string of the molecule is COc1ccc2cc(CN(Cc3ccco3)C(=O)c3ccccc3)c(=O)[nH]c2c1. The summed E-state index contributed by atoms with van der Waals surface area (Å²) in [4.78, 5) is 30.2. The third-order valence-electron chi connectivity index (χ3n) is 4.73. The molecule has 0 atom stereocenters. The van der Waals surface area contributed by atoms with Crippen molar-refractivity contribution in [2.24, 2.45) is 0 Å². The van der Waals surface area contributed by atoms with Crippen molar-refractivity contribution in [3.8, 4) is 5.75 Å². The number of nitrogens with zero attached hydrogens (tertiary/aromatic N) is 1. The van der Waals surface area contributed by atoms with E-state index in [1.165, 1.54) is 0 Å². The Hall–Kier alpha value is -3.80. The molecule has 29 heavy (non-hydrogen) atoms. The van der Waals surface area contributed by atoms with Crippen molar-refractivity contribution < 1.29 is 13.9 Å². The second kappa shape index (κ2) is 8.06. The molecule has 0 aliphatic carbocycles. The van der Waals surface area contributed by atoms with E-state index in [1.54, 1.807) is 48.6 Å². The molecule has 0 aliphatic heterocycles. The highest BCUT2D eigenvalue weighted by Gasteiger charge is 2.19. The van der Waals surface area contributed by atoms with Crippen molar-refractivity contribution >= 4 is 16.8 Å². The summed E-state index contributed by atoms with van der Waals surface area (Å²) < 4.78 is 10.6. The maximum Gasteiger partial charge on any atom is 0.254 e. The zero-order chi connectivity index (χ0) is 20.2. The molecule has 146 valence electrons. The van der Waals surface area contributed by atoms with E-state index in [-0.39, 0.29) is 24.6 Å². The number of nitrogens with one attached hydrogen (secondary N) is 1. The molecule has 0 radical (unpaired) electrons. The molecule has 4 aromatic rings. The molecular weight excluding hydrogens is 368 g/mol. The van der Waals surface area contributed by atoms with E-state index in [2.05, 4.69) is 4.98 Å². The molecule has 0 fully saturated rings. The largest absolute Gasteiger partial charge is 0.497 e. The molecule has 0 spiro atoms. The number of aromatic nitrogens is 1. The van der Waals surface area contributed by atoms with E-state index in [1.807, 2.05) is 36.4 Å². The van der Waals surface area contributed by atoms with E-state index in [0.29, 0.717) is 28.2 Å². The average Bonchev–Trinajstić information content (AvgIpc) is 3.26. The van der Waals surface area contributed by atoms with Crippen molar-refractivity contribution in [3.05, 3.63) is 100 Å². The van der Waals surface area contributed by atoms with Crippen molar-refractivity contribution in [3.63, 3.8) is 0 Å². The summed E-state index contributed by atoms with van der Waals surface area (Å²) in [5.74, 6) is 1.15. The molecule has 0 saturated carbocycles. The van der Waals surface area contributed by atoms with Gasteiger partial charge in [0.2, 0.25) is 0 Å². The number of aromatic amines is 1. The number of methoxy groups -OCH3 is 1. The highest BCUT2D eigenvalue weighted by Crippen LogP contribution is 2.20. The second-order valence-electron chi connectivity index (χ2n) is 6.68. The number of hydrogen-bond acceptors (Lipinski definition) is 4. The molecule has 6 nitrogen and oxygen atoms in total. The Morgan fingerprint density at radius 3 is 2.59 bits per heavy atom. The van der Waals surface area contributed by atoms with Crippen LogP contribution in [-0.4, -0.2) is 22.9 Å². The number of H-pyrrole nitrogens is 1. The Labute approximate surface area is 167 Å². The van der Waals surface area contributed by atoms with Crippen LogP contribution >= 0.6 is 0 Å². The quantitative estimate of drug-likeness (QED) is 0.542. The first kappa shape index (κ1) is 18.6. The van der Waals surface area contributed by atoms with Gasteiger partial charge in [0.25, 0.3) is 11.5 Å². The fourth-order valence-electron chi connectivity index (χ4n) is 3.23. The maximum absolute atomic E-state index is 13.1. The van der Waals surface area contributed by atoms with E-state index in [0.717, 1.165) is 5.39 Å². The van der Waals surface area contributed by atoms with Crippen LogP contribution < -0.4 is 10.3 Å². The van der Waals surface area contributed by atoms with Gasteiger partial charge in [0, 0.05) is 17.2 Å². The normalized spacial score (nSPS) is 10.8. The number of hydrogen-bond donors (Lipinski definition) is 1. The van der Waals surface area contributed by atoms with Gasteiger partial charge in [-0.25, -0.2) is 0 Å². The first-order chi connectivity index (χ1) is 14.1. The van der Waals surface area contributed by atoms with Crippen LogP contribution in [0.25, 0.3) is 10.9 Å². The van der Waals surface area contributed by atoms with E-state index >= 15 is 0 Å². The summed E-state index contributed by atoms with van der Waals surface area (Å²) in [5.41, 5.74) is 1.50. The molecule has 2 heterocycles. The smallest absolute Gasteiger partial charge is 0.254 e. The first-order valence-electron chi connectivity index (χ1n) is 9.21. The average molecular weight is 388 g/mol. The Balaban J connectivity index is 1.69. The molecule has 0 aliphatic rings. The van der Waals surface area contributed by atoms with E-state index in [4.69, 9.17) is 9.15 Å². The van der Waals surface area contributed by atoms with Gasteiger partial charge in [0.1, 0.15) is 11.5 Å². The van der Waals surface area contributed by atoms with E-state index < -0.39 is 0 Å². The summed E-state index contributed by atoms with van der Waals surface area (Å²) in [5, 5.41) is 0.866. The minimum atomic E-state index is -0.240. The second-order valence-corrected chi connectivity index (χ2v) is 6.68. The minimum Gasteiger partial charge on any atom is -0.497 e. The Morgan fingerprint density at radius 1 is 1.03 bits per heavy atom. The number of ether oxygens (including phenoxy) is 1. The van der Waals surface area contributed by atoms with E-state index in [9.17, 15) is 9.59 Å². The van der Waals surface area contributed by atoms with Gasteiger partial charge < -0.3 is 19.0 Å². The minimum absolute atomic E-state index is 0.158. The van der Waals surface area contributed by atoms with Crippen LogP contribution in [0, 0.1) is 0 Å². The van der Waals surface area contributed by atoms with Gasteiger partial charge in [-0.05, 0) is 47.9 Å². The molecule has 1 amide bonds. The Morgan fingerprint density at radius 2 is 1.86 bits per heavy atom. The zero-order valence-corrected chi connectivity index (χ0v) is 15.9. The maximum atomic E-state index is 13.1. The van der Waals surface area contributed by atoms with Gasteiger partial charge >= 0.3 is 0 Å². The predicted octanol–water partition coefficient (Wildman–Crippen LogP) is 3.97. The Bertz CT molecular complexity index is 1180. The number of furan rings is 1. The third-order valence-corrected chi connectivity index (χ3v) is 4.73. The standard InChI is InChI=1S/C23H20N2O4/c1-28-19-10-9-17-12-18(22(26)24-21(17)13-19)14-25(15-20-8-5-11-29-20)23(27)16-6-3-2-4-7-16/h2-13H,14-15H2,1H3,(H,24,26).